The Labute approximate surface area is 131 Å². The molecule has 0 aliphatic carbocycles. The molecule has 1 amide bonds. The Hall–Kier alpha value is -1.79. The van der Waals surface area contributed by atoms with Gasteiger partial charge in [0, 0.05) is 13.1 Å². The minimum Gasteiger partial charge on any atom is -0.493 e. The molecule has 0 saturated carbocycles. The SMILES string of the molecule is COc1ccccc1OCC(=O)N1CCOC[C@H]1CN(C)C. The van der Waals surface area contributed by atoms with E-state index in [2.05, 4.69) is 4.90 Å². The molecular weight excluding hydrogens is 284 g/mol. The van der Waals surface area contributed by atoms with Crippen LogP contribution in [0.25, 0.3) is 0 Å². The van der Waals surface area contributed by atoms with Crippen molar-refractivity contribution in [2.45, 2.75) is 6.04 Å². The Kier molecular flexibility index (Phi) is 6.03. The molecule has 1 aliphatic heterocycles. The quantitative estimate of drug-likeness (QED) is 0.780. The van der Waals surface area contributed by atoms with Crippen LogP contribution in [0.15, 0.2) is 24.3 Å². The highest BCUT2D eigenvalue weighted by Gasteiger charge is 2.28. The largest absolute Gasteiger partial charge is 0.493 e. The zero-order chi connectivity index (χ0) is 15.9. The molecule has 1 aromatic rings. The summed E-state index contributed by atoms with van der Waals surface area (Å²) in [4.78, 5) is 16.4. The number of benzene rings is 1. The molecule has 0 aromatic heterocycles. The van der Waals surface area contributed by atoms with Gasteiger partial charge in [-0.25, -0.2) is 0 Å². The van der Waals surface area contributed by atoms with E-state index in [1.807, 2.05) is 37.2 Å². The van der Waals surface area contributed by atoms with Gasteiger partial charge in [0.2, 0.25) is 0 Å². The van der Waals surface area contributed by atoms with Gasteiger partial charge in [-0.3, -0.25) is 4.79 Å². The number of hydrogen-bond acceptors (Lipinski definition) is 5. The summed E-state index contributed by atoms with van der Waals surface area (Å²) < 4.78 is 16.3. The van der Waals surface area contributed by atoms with E-state index < -0.39 is 0 Å². The van der Waals surface area contributed by atoms with Crippen molar-refractivity contribution in [2.24, 2.45) is 0 Å². The Morgan fingerprint density at radius 3 is 2.77 bits per heavy atom. The minimum absolute atomic E-state index is 0.00427. The topological polar surface area (TPSA) is 51.2 Å². The number of likely N-dealkylation sites (N-methyl/N-ethyl adjacent to an activating group) is 1. The van der Waals surface area contributed by atoms with E-state index in [4.69, 9.17) is 14.2 Å². The molecule has 1 aromatic carbocycles. The smallest absolute Gasteiger partial charge is 0.260 e. The van der Waals surface area contributed by atoms with Crippen molar-refractivity contribution in [1.29, 1.82) is 0 Å². The van der Waals surface area contributed by atoms with Gasteiger partial charge in [-0.1, -0.05) is 12.1 Å². The van der Waals surface area contributed by atoms with Gasteiger partial charge in [0.05, 0.1) is 26.4 Å². The second kappa shape index (κ2) is 8.00. The van der Waals surface area contributed by atoms with Crippen LogP contribution in [0.4, 0.5) is 0 Å². The minimum atomic E-state index is -0.0268. The van der Waals surface area contributed by atoms with Crippen molar-refractivity contribution in [2.75, 3.05) is 54.1 Å². The van der Waals surface area contributed by atoms with Gasteiger partial charge in [0.1, 0.15) is 0 Å². The predicted molar refractivity (Wildman–Crippen MR) is 83.4 cm³/mol. The average Bonchev–Trinajstić information content (AvgIpc) is 2.52. The van der Waals surface area contributed by atoms with Crippen molar-refractivity contribution in [3.8, 4) is 11.5 Å². The maximum Gasteiger partial charge on any atom is 0.260 e. The van der Waals surface area contributed by atoms with Crippen LogP contribution in [0, 0.1) is 0 Å². The molecule has 22 heavy (non-hydrogen) atoms. The number of rotatable bonds is 6. The fraction of sp³-hybridized carbons (Fsp3) is 0.562. The normalized spacial score (nSPS) is 18.4. The van der Waals surface area contributed by atoms with Gasteiger partial charge in [0.15, 0.2) is 18.1 Å². The molecule has 6 heteroatoms. The second-order valence-corrected chi connectivity index (χ2v) is 5.52. The van der Waals surface area contributed by atoms with E-state index in [9.17, 15) is 4.79 Å². The summed E-state index contributed by atoms with van der Waals surface area (Å²) in [5.41, 5.74) is 0. The second-order valence-electron chi connectivity index (χ2n) is 5.52. The molecule has 122 valence electrons. The molecule has 6 nitrogen and oxygen atoms in total. The first-order valence-corrected chi connectivity index (χ1v) is 7.39. The number of para-hydroxylation sites is 2. The summed E-state index contributed by atoms with van der Waals surface area (Å²) in [6, 6.07) is 7.39. The van der Waals surface area contributed by atoms with Crippen molar-refractivity contribution in [3.63, 3.8) is 0 Å². The predicted octanol–water partition coefficient (Wildman–Crippen LogP) is 0.863. The summed E-state index contributed by atoms with van der Waals surface area (Å²) in [6.45, 7) is 2.53. The van der Waals surface area contributed by atoms with Crippen LogP contribution in [0.5, 0.6) is 11.5 Å². The molecular formula is C16H24N2O4. The van der Waals surface area contributed by atoms with E-state index in [0.29, 0.717) is 31.3 Å². The molecule has 0 spiro atoms. The number of nitrogens with zero attached hydrogens (tertiary/aromatic N) is 2. The fourth-order valence-electron chi connectivity index (χ4n) is 2.52. The fourth-order valence-corrected chi connectivity index (χ4v) is 2.52. The molecule has 1 fully saturated rings. The van der Waals surface area contributed by atoms with Crippen LogP contribution in [-0.2, 0) is 9.53 Å². The third-order valence-corrected chi connectivity index (χ3v) is 3.54. The maximum absolute atomic E-state index is 12.4. The van der Waals surface area contributed by atoms with E-state index in [1.54, 1.807) is 13.2 Å². The molecule has 0 radical (unpaired) electrons. The van der Waals surface area contributed by atoms with Gasteiger partial charge >= 0.3 is 0 Å². The molecule has 2 rings (SSSR count). The first-order chi connectivity index (χ1) is 10.6. The molecule has 1 heterocycles. The van der Waals surface area contributed by atoms with E-state index in [1.165, 1.54) is 0 Å². The lowest BCUT2D eigenvalue weighted by molar-refractivity contribution is -0.142. The van der Waals surface area contributed by atoms with Gasteiger partial charge in [-0.15, -0.1) is 0 Å². The Balaban J connectivity index is 1.95. The zero-order valence-corrected chi connectivity index (χ0v) is 13.4. The van der Waals surface area contributed by atoms with Crippen molar-refractivity contribution in [3.05, 3.63) is 24.3 Å². The lowest BCUT2D eigenvalue weighted by Crippen LogP contribution is -2.53. The summed E-state index contributed by atoms with van der Waals surface area (Å²) in [5, 5.41) is 0. The molecule has 1 aliphatic rings. The molecule has 1 atom stereocenters. The van der Waals surface area contributed by atoms with Crippen LogP contribution in [0.1, 0.15) is 0 Å². The van der Waals surface area contributed by atoms with Crippen LogP contribution in [-0.4, -0.2) is 75.9 Å². The van der Waals surface area contributed by atoms with Gasteiger partial charge in [-0.2, -0.15) is 0 Å². The van der Waals surface area contributed by atoms with E-state index >= 15 is 0 Å². The standard InChI is InChI=1S/C16H24N2O4/c1-17(2)10-13-11-21-9-8-18(13)16(19)12-22-15-7-5-4-6-14(15)20-3/h4-7,13H,8-12H2,1-3H3/t13-/m1/s1. The van der Waals surface area contributed by atoms with Gasteiger partial charge in [0.25, 0.3) is 5.91 Å². The highest BCUT2D eigenvalue weighted by Crippen LogP contribution is 2.25. The molecule has 1 saturated heterocycles. The van der Waals surface area contributed by atoms with Crippen molar-refractivity contribution in [1.82, 2.24) is 9.80 Å². The highest BCUT2D eigenvalue weighted by molar-refractivity contribution is 5.78. The number of hydrogen-bond donors (Lipinski definition) is 0. The molecule has 0 unspecified atom stereocenters. The Morgan fingerprint density at radius 1 is 1.36 bits per heavy atom. The molecule has 0 bridgehead atoms. The van der Waals surface area contributed by atoms with E-state index in [-0.39, 0.29) is 18.6 Å². The van der Waals surface area contributed by atoms with Crippen LogP contribution in [0.3, 0.4) is 0 Å². The lowest BCUT2D eigenvalue weighted by atomic mass is 10.2. The zero-order valence-electron chi connectivity index (χ0n) is 13.4. The summed E-state index contributed by atoms with van der Waals surface area (Å²) in [6.07, 6.45) is 0. The first-order valence-electron chi connectivity index (χ1n) is 7.39. The average molecular weight is 308 g/mol. The number of ether oxygens (including phenoxy) is 3. The summed E-state index contributed by atoms with van der Waals surface area (Å²) in [5.74, 6) is 1.18. The highest BCUT2D eigenvalue weighted by atomic mass is 16.5. The van der Waals surface area contributed by atoms with E-state index in [0.717, 1.165) is 6.54 Å². The number of carbonyl (C=O) groups excluding carboxylic acids is 1. The Morgan fingerprint density at radius 2 is 2.09 bits per heavy atom. The van der Waals surface area contributed by atoms with Crippen LogP contribution < -0.4 is 9.47 Å². The number of morpholine rings is 1. The third kappa shape index (κ3) is 4.35. The van der Waals surface area contributed by atoms with Crippen molar-refractivity contribution >= 4 is 5.91 Å². The van der Waals surface area contributed by atoms with Gasteiger partial charge in [-0.05, 0) is 26.2 Å². The van der Waals surface area contributed by atoms with Gasteiger partial charge < -0.3 is 24.0 Å². The first kappa shape index (κ1) is 16.6. The van der Waals surface area contributed by atoms with Crippen molar-refractivity contribution < 1.29 is 19.0 Å². The van der Waals surface area contributed by atoms with Crippen LogP contribution in [0.2, 0.25) is 0 Å². The number of amides is 1. The monoisotopic (exact) mass is 308 g/mol. The third-order valence-electron chi connectivity index (χ3n) is 3.54. The lowest BCUT2D eigenvalue weighted by Gasteiger charge is -2.36. The molecule has 0 N–H and O–H groups in total. The number of methoxy groups -OCH3 is 1. The summed E-state index contributed by atoms with van der Waals surface area (Å²) in [7, 11) is 5.56. The van der Waals surface area contributed by atoms with Crippen LogP contribution >= 0.6 is 0 Å². The Bertz CT molecular complexity index is 493. The summed E-state index contributed by atoms with van der Waals surface area (Å²) >= 11 is 0. The maximum atomic E-state index is 12.4. The number of carbonyl (C=O) groups is 1.